The number of halogens is 1. The van der Waals surface area contributed by atoms with Gasteiger partial charge in [0.05, 0.1) is 0 Å². The van der Waals surface area contributed by atoms with Crippen LogP contribution in [0, 0.1) is 11.3 Å². The maximum atomic E-state index is 8.05. The summed E-state index contributed by atoms with van der Waals surface area (Å²) in [6.45, 7) is 13.8. The number of anilines is 1. The lowest BCUT2D eigenvalue weighted by Gasteiger charge is -2.27. The number of allylic oxidation sites excluding steroid dienone is 1. The van der Waals surface area contributed by atoms with Crippen LogP contribution >= 0.6 is 11.6 Å². The molecule has 0 heterocycles. The predicted molar refractivity (Wildman–Crippen MR) is 82.7 cm³/mol. The molecule has 0 fully saturated rings. The van der Waals surface area contributed by atoms with Gasteiger partial charge in [-0.05, 0) is 31.2 Å². The molecule has 1 N–H and O–H groups in total. The molecule has 0 spiro atoms. The molecule has 0 amide bonds. The average Bonchev–Trinajstić information content (AvgIpc) is 2.34. The van der Waals surface area contributed by atoms with Crippen molar-refractivity contribution in [1.82, 2.24) is 0 Å². The molecule has 0 radical (unpaired) electrons. The molecule has 1 rings (SSSR count). The van der Waals surface area contributed by atoms with Gasteiger partial charge in [0.25, 0.3) is 0 Å². The zero-order chi connectivity index (χ0) is 14.3. The van der Waals surface area contributed by atoms with Crippen LogP contribution in [0.4, 0.5) is 5.69 Å². The van der Waals surface area contributed by atoms with E-state index in [-0.39, 0.29) is 5.92 Å². The molecule has 1 aromatic rings. The van der Waals surface area contributed by atoms with Crippen molar-refractivity contribution in [3.63, 3.8) is 0 Å². The Morgan fingerprint density at radius 2 is 1.67 bits per heavy atom. The monoisotopic (exact) mass is 266 g/mol. The number of benzene rings is 1. The molecule has 18 heavy (non-hydrogen) atoms. The van der Waals surface area contributed by atoms with Gasteiger partial charge >= 0.3 is 0 Å². The molecule has 1 aromatic carbocycles. The number of amidine groups is 1. The SMILES string of the molecule is C=C(C)N(C(=N)C(C)C)c1ccc(Cl)cc1.CC. The summed E-state index contributed by atoms with van der Waals surface area (Å²) >= 11 is 5.84. The Morgan fingerprint density at radius 1 is 1.22 bits per heavy atom. The maximum Gasteiger partial charge on any atom is 0.107 e. The van der Waals surface area contributed by atoms with E-state index in [1.807, 2.05) is 63.8 Å². The zero-order valence-corrected chi connectivity index (χ0v) is 12.7. The molecule has 0 saturated carbocycles. The number of nitrogens with zero attached hydrogens (tertiary/aromatic N) is 1. The summed E-state index contributed by atoms with van der Waals surface area (Å²) in [6, 6.07) is 7.43. The summed E-state index contributed by atoms with van der Waals surface area (Å²) in [5, 5.41) is 8.75. The van der Waals surface area contributed by atoms with Crippen LogP contribution in [0.5, 0.6) is 0 Å². The third kappa shape index (κ3) is 4.53. The van der Waals surface area contributed by atoms with E-state index in [0.29, 0.717) is 10.9 Å². The Hall–Kier alpha value is -1.28. The van der Waals surface area contributed by atoms with Crippen LogP contribution in [-0.4, -0.2) is 5.84 Å². The van der Waals surface area contributed by atoms with Gasteiger partial charge in [-0.15, -0.1) is 0 Å². The molecule has 0 saturated heterocycles. The van der Waals surface area contributed by atoms with Gasteiger partial charge in [0.1, 0.15) is 5.84 Å². The van der Waals surface area contributed by atoms with Crippen molar-refractivity contribution >= 4 is 23.1 Å². The molecule has 0 aliphatic heterocycles. The van der Waals surface area contributed by atoms with Crippen molar-refractivity contribution < 1.29 is 0 Å². The highest BCUT2D eigenvalue weighted by atomic mass is 35.5. The van der Waals surface area contributed by atoms with Crippen LogP contribution in [-0.2, 0) is 0 Å². The third-order valence-electron chi connectivity index (χ3n) is 2.25. The van der Waals surface area contributed by atoms with Crippen molar-refractivity contribution in [2.45, 2.75) is 34.6 Å². The first-order chi connectivity index (χ1) is 8.43. The number of hydrogen-bond acceptors (Lipinski definition) is 1. The van der Waals surface area contributed by atoms with Gasteiger partial charge in [-0.1, -0.05) is 45.9 Å². The lowest BCUT2D eigenvalue weighted by atomic mass is 10.1. The lowest BCUT2D eigenvalue weighted by Crippen LogP contribution is -2.31. The zero-order valence-electron chi connectivity index (χ0n) is 11.9. The molecule has 3 heteroatoms. The fraction of sp³-hybridized carbons (Fsp3) is 0.400. The Bertz CT molecular complexity index is 393. The molecule has 0 unspecified atom stereocenters. The standard InChI is InChI=1S/C13H17ClN2.C2H6/c1-9(2)13(15)16(10(3)4)12-7-5-11(14)6-8-12;1-2/h5-9,15H,3H2,1-2,4H3;1-2H3. The first kappa shape index (κ1) is 16.7. The van der Waals surface area contributed by atoms with E-state index in [9.17, 15) is 0 Å². The second kappa shape index (κ2) is 7.93. The minimum absolute atomic E-state index is 0.160. The van der Waals surface area contributed by atoms with Crippen molar-refractivity contribution in [3.8, 4) is 0 Å². The molecular formula is C15H23ClN2. The van der Waals surface area contributed by atoms with Crippen LogP contribution in [0.1, 0.15) is 34.6 Å². The van der Waals surface area contributed by atoms with E-state index in [1.54, 1.807) is 0 Å². The Labute approximate surface area is 116 Å². The molecule has 0 aliphatic rings. The van der Waals surface area contributed by atoms with Gasteiger partial charge in [0.2, 0.25) is 0 Å². The lowest BCUT2D eigenvalue weighted by molar-refractivity contribution is 0.849. The number of nitrogens with one attached hydrogen (secondary N) is 1. The molecule has 100 valence electrons. The van der Waals surface area contributed by atoms with Gasteiger partial charge in [-0.25, -0.2) is 0 Å². The number of hydrogen-bond donors (Lipinski definition) is 1. The second-order valence-corrected chi connectivity index (χ2v) is 4.52. The summed E-state index contributed by atoms with van der Waals surface area (Å²) in [7, 11) is 0. The average molecular weight is 267 g/mol. The van der Waals surface area contributed by atoms with Gasteiger partial charge < -0.3 is 4.90 Å². The summed E-state index contributed by atoms with van der Waals surface area (Å²) in [5.41, 5.74) is 1.76. The van der Waals surface area contributed by atoms with Crippen molar-refractivity contribution in [2.24, 2.45) is 5.92 Å². The van der Waals surface area contributed by atoms with Crippen LogP contribution in [0.15, 0.2) is 36.5 Å². The highest BCUT2D eigenvalue weighted by molar-refractivity contribution is 6.30. The Balaban J connectivity index is 0.00000137. The molecule has 0 bridgehead atoms. The summed E-state index contributed by atoms with van der Waals surface area (Å²) in [4.78, 5) is 1.83. The largest absolute Gasteiger partial charge is 0.303 e. The van der Waals surface area contributed by atoms with E-state index >= 15 is 0 Å². The Kier molecular flexibility index (Phi) is 7.37. The van der Waals surface area contributed by atoms with Crippen LogP contribution in [0.2, 0.25) is 5.02 Å². The quantitative estimate of drug-likeness (QED) is 0.580. The smallest absolute Gasteiger partial charge is 0.107 e. The fourth-order valence-electron chi connectivity index (χ4n) is 1.41. The molecule has 0 aromatic heterocycles. The topological polar surface area (TPSA) is 27.1 Å². The number of rotatable bonds is 3. The van der Waals surface area contributed by atoms with Crippen molar-refractivity contribution in [3.05, 3.63) is 41.6 Å². The van der Waals surface area contributed by atoms with E-state index < -0.39 is 0 Å². The van der Waals surface area contributed by atoms with Gasteiger partial charge in [0, 0.05) is 22.3 Å². The normalized spacial score (nSPS) is 9.50. The van der Waals surface area contributed by atoms with Gasteiger partial charge in [0.15, 0.2) is 0 Å². The molecule has 0 atom stereocenters. The Morgan fingerprint density at radius 3 is 2.00 bits per heavy atom. The second-order valence-electron chi connectivity index (χ2n) is 4.09. The highest BCUT2D eigenvalue weighted by Crippen LogP contribution is 2.23. The van der Waals surface area contributed by atoms with E-state index in [0.717, 1.165) is 11.4 Å². The highest BCUT2D eigenvalue weighted by Gasteiger charge is 2.15. The summed E-state index contributed by atoms with van der Waals surface area (Å²) in [6.07, 6.45) is 0. The fourth-order valence-corrected chi connectivity index (χ4v) is 1.54. The minimum atomic E-state index is 0.160. The molecule has 0 aliphatic carbocycles. The van der Waals surface area contributed by atoms with Crippen molar-refractivity contribution in [2.75, 3.05) is 4.90 Å². The minimum Gasteiger partial charge on any atom is -0.303 e. The molecular weight excluding hydrogens is 244 g/mol. The first-order valence-electron chi connectivity index (χ1n) is 6.23. The summed E-state index contributed by atoms with van der Waals surface area (Å²) < 4.78 is 0. The summed E-state index contributed by atoms with van der Waals surface area (Å²) in [5.74, 6) is 0.696. The van der Waals surface area contributed by atoms with E-state index in [2.05, 4.69) is 6.58 Å². The van der Waals surface area contributed by atoms with Crippen LogP contribution in [0.25, 0.3) is 0 Å². The van der Waals surface area contributed by atoms with Crippen LogP contribution in [0.3, 0.4) is 0 Å². The first-order valence-corrected chi connectivity index (χ1v) is 6.61. The van der Waals surface area contributed by atoms with Crippen LogP contribution < -0.4 is 4.90 Å². The van der Waals surface area contributed by atoms with Gasteiger partial charge in [-0.3, -0.25) is 5.41 Å². The van der Waals surface area contributed by atoms with E-state index in [1.165, 1.54) is 0 Å². The van der Waals surface area contributed by atoms with Crippen molar-refractivity contribution in [1.29, 1.82) is 5.41 Å². The maximum absolute atomic E-state index is 8.05. The van der Waals surface area contributed by atoms with E-state index in [4.69, 9.17) is 17.0 Å². The molecule has 2 nitrogen and oxygen atoms in total. The third-order valence-corrected chi connectivity index (χ3v) is 2.51. The van der Waals surface area contributed by atoms with Gasteiger partial charge in [-0.2, -0.15) is 0 Å². The predicted octanol–water partition coefficient (Wildman–Crippen LogP) is 5.34.